The van der Waals surface area contributed by atoms with Crippen LogP contribution in [0.1, 0.15) is 11.3 Å². The van der Waals surface area contributed by atoms with Crippen LogP contribution in [-0.4, -0.2) is 30.0 Å². The molecule has 25 heavy (non-hydrogen) atoms. The minimum Gasteiger partial charge on any atom is -0.358 e. The summed E-state index contributed by atoms with van der Waals surface area (Å²) >= 11 is 6.67. The molecule has 0 aliphatic heterocycles. The van der Waals surface area contributed by atoms with Gasteiger partial charge < -0.3 is 10.6 Å². The largest absolute Gasteiger partial charge is 0.358 e. The maximum atomic E-state index is 5.30. The minimum absolute atomic E-state index is 0.433. The molecular formula is C16H15N7S2. The highest BCUT2D eigenvalue weighted by Gasteiger charge is 2.07. The molecule has 3 rings (SSSR count). The standard InChI is InChI=1S/C16H15N7S2/c1-11-8-13(25-16-18-6-3-7-19-16)22-14(21-11)23-15(24)20-10-12-4-2-5-17-9-12/h2-9H,10H2,1H3,(H2,20,21,22,23,24). The first kappa shape index (κ1) is 17.2. The molecule has 2 N–H and O–H groups in total. The Morgan fingerprint density at radius 1 is 1.16 bits per heavy atom. The number of aryl methyl sites for hydroxylation is 1. The highest BCUT2D eigenvalue weighted by atomic mass is 32.2. The molecule has 0 aliphatic rings. The number of thiocarbonyl (C=S) groups is 1. The van der Waals surface area contributed by atoms with E-state index >= 15 is 0 Å². The summed E-state index contributed by atoms with van der Waals surface area (Å²) in [4.78, 5) is 21.2. The summed E-state index contributed by atoms with van der Waals surface area (Å²) in [6, 6.07) is 7.50. The van der Waals surface area contributed by atoms with Gasteiger partial charge in [0.15, 0.2) is 10.3 Å². The number of hydrogen-bond donors (Lipinski definition) is 2. The second kappa shape index (κ2) is 8.45. The molecule has 3 aromatic rings. The van der Waals surface area contributed by atoms with Crippen LogP contribution in [0.15, 0.2) is 59.2 Å². The van der Waals surface area contributed by atoms with Gasteiger partial charge in [-0.2, -0.15) is 0 Å². The predicted octanol–water partition coefficient (Wildman–Crippen LogP) is 2.61. The number of rotatable bonds is 5. The van der Waals surface area contributed by atoms with E-state index in [0.717, 1.165) is 16.3 Å². The Morgan fingerprint density at radius 3 is 2.76 bits per heavy atom. The van der Waals surface area contributed by atoms with Crippen molar-refractivity contribution >= 4 is 35.0 Å². The van der Waals surface area contributed by atoms with Gasteiger partial charge in [-0.3, -0.25) is 4.98 Å². The molecule has 0 unspecified atom stereocenters. The zero-order valence-electron chi connectivity index (χ0n) is 13.4. The average Bonchev–Trinajstić information content (AvgIpc) is 2.61. The zero-order valence-corrected chi connectivity index (χ0v) is 15.0. The number of nitrogens with one attached hydrogen (secondary N) is 2. The molecule has 0 amide bonds. The van der Waals surface area contributed by atoms with E-state index in [-0.39, 0.29) is 0 Å². The topological polar surface area (TPSA) is 88.5 Å². The van der Waals surface area contributed by atoms with Crippen molar-refractivity contribution in [3.05, 3.63) is 60.3 Å². The number of nitrogens with zero attached hydrogens (tertiary/aromatic N) is 5. The molecule has 126 valence electrons. The maximum absolute atomic E-state index is 5.30. The first-order valence-electron chi connectivity index (χ1n) is 7.43. The number of pyridine rings is 1. The van der Waals surface area contributed by atoms with Crippen LogP contribution in [0.2, 0.25) is 0 Å². The van der Waals surface area contributed by atoms with Crippen molar-refractivity contribution in [3.63, 3.8) is 0 Å². The molecule has 3 heterocycles. The third-order valence-corrected chi connectivity index (χ3v) is 4.03. The van der Waals surface area contributed by atoms with Gasteiger partial charge >= 0.3 is 0 Å². The van der Waals surface area contributed by atoms with Crippen molar-refractivity contribution in [3.8, 4) is 0 Å². The van der Waals surface area contributed by atoms with Gasteiger partial charge in [-0.25, -0.2) is 19.9 Å². The van der Waals surface area contributed by atoms with E-state index in [1.54, 1.807) is 30.9 Å². The van der Waals surface area contributed by atoms with Crippen molar-refractivity contribution in [2.75, 3.05) is 5.32 Å². The Balaban J connectivity index is 1.62. The molecule has 0 bridgehead atoms. The Morgan fingerprint density at radius 2 is 2.00 bits per heavy atom. The number of aromatic nitrogens is 5. The second-order valence-electron chi connectivity index (χ2n) is 4.97. The molecule has 0 fully saturated rings. The molecule has 3 aromatic heterocycles. The lowest BCUT2D eigenvalue weighted by molar-refractivity contribution is 0.910. The summed E-state index contributed by atoms with van der Waals surface area (Å²) in [5, 5.41) is 7.93. The molecule has 0 saturated carbocycles. The summed E-state index contributed by atoms with van der Waals surface area (Å²) in [6.45, 7) is 2.47. The molecular weight excluding hydrogens is 354 g/mol. The van der Waals surface area contributed by atoms with E-state index in [1.807, 2.05) is 25.1 Å². The van der Waals surface area contributed by atoms with Crippen molar-refractivity contribution in [2.45, 2.75) is 23.7 Å². The van der Waals surface area contributed by atoms with Crippen molar-refractivity contribution < 1.29 is 0 Å². The van der Waals surface area contributed by atoms with Crippen LogP contribution in [0.4, 0.5) is 5.95 Å². The van der Waals surface area contributed by atoms with Gasteiger partial charge in [0.25, 0.3) is 0 Å². The smallest absolute Gasteiger partial charge is 0.230 e. The molecule has 0 aromatic carbocycles. The average molecular weight is 369 g/mol. The molecule has 7 nitrogen and oxygen atoms in total. The van der Waals surface area contributed by atoms with Gasteiger partial charge in [-0.1, -0.05) is 6.07 Å². The van der Waals surface area contributed by atoms with Crippen LogP contribution in [0.25, 0.3) is 0 Å². The first-order valence-corrected chi connectivity index (χ1v) is 8.66. The van der Waals surface area contributed by atoms with E-state index in [4.69, 9.17) is 12.2 Å². The monoisotopic (exact) mass is 369 g/mol. The van der Waals surface area contributed by atoms with E-state index in [0.29, 0.717) is 22.8 Å². The highest BCUT2D eigenvalue weighted by molar-refractivity contribution is 7.99. The minimum atomic E-state index is 0.433. The van der Waals surface area contributed by atoms with Gasteiger partial charge in [0.05, 0.1) is 0 Å². The van der Waals surface area contributed by atoms with E-state index in [2.05, 4.69) is 35.6 Å². The number of hydrogen-bond acceptors (Lipinski definition) is 7. The van der Waals surface area contributed by atoms with Crippen molar-refractivity contribution in [1.29, 1.82) is 0 Å². The lowest BCUT2D eigenvalue weighted by atomic mass is 10.3. The molecule has 0 radical (unpaired) electrons. The molecule has 0 saturated heterocycles. The lowest BCUT2D eigenvalue weighted by Gasteiger charge is -2.10. The quantitative estimate of drug-likeness (QED) is 0.400. The van der Waals surface area contributed by atoms with Crippen molar-refractivity contribution in [2.24, 2.45) is 0 Å². The number of anilines is 1. The third kappa shape index (κ3) is 5.44. The van der Waals surface area contributed by atoms with E-state index < -0.39 is 0 Å². The van der Waals surface area contributed by atoms with Gasteiger partial charge in [-0.05, 0) is 54.7 Å². The molecule has 0 aliphatic carbocycles. The lowest BCUT2D eigenvalue weighted by Crippen LogP contribution is -2.28. The second-order valence-corrected chi connectivity index (χ2v) is 6.37. The van der Waals surface area contributed by atoms with Gasteiger partial charge in [0.1, 0.15) is 5.03 Å². The van der Waals surface area contributed by atoms with E-state index in [1.165, 1.54) is 11.8 Å². The first-order chi connectivity index (χ1) is 12.2. The van der Waals surface area contributed by atoms with Crippen LogP contribution in [-0.2, 0) is 6.54 Å². The third-order valence-electron chi connectivity index (χ3n) is 2.97. The summed E-state index contributed by atoms with van der Waals surface area (Å²) in [5.74, 6) is 0.433. The Kier molecular flexibility index (Phi) is 5.81. The Labute approximate surface area is 154 Å². The normalized spacial score (nSPS) is 10.3. The summed E-state index contributed by atoms with van der Waals surface area (Å²) in [7, 11) is 0. The van der Waals surface area contributed by atoms with E-state index in [9.17, 15) is 0 Å². The van der Waals surface area contributed by atoms with Crippen LogP contribution >= 0.6 is 24.0 Å². The molecule has 9 heteroatoms. The molecule has 0 atom stereocenters. The predicted molar refractivity (Wildman–Crippen MR) is 100 cm³/mol. The van der Waals surface area contributed by atoms with Crippen LogP contribution in [0.3, 0.4) is 0 Å². The van der Waals surface area contributed by atoms with Crippen LogP contribution in [0, 0.1) is 6.92 Å². The van der Waals surface area contributed by atoms with Gasteiger partial charge in [-0.15, -0.1) is 0 Å². The van der Waals surface area contributed by atoms with Crippen LogP contribution < -0.4 is 10.6 Å². The summed E-state index contributed by atoms with van der Waals surface area (Å²) in [5.41, 5.74) is 1.86. The maximum Gasteiger partial charge on any atom is 0.230 e. The summed E-state index contributed by atoms with van der Waals surface area (Å²) < 4.78 is 0. The fraction of sp³-hybridized carbons (Fsp3) is 0.125. The SMILES string of the molecule is Cc1cc(Sc2ncccn2)nc(NC(=S)NCc2cccnc2)n1. The summed E-state index contributed by atoms with van der Waals surface area (Å²) in [6.07, 6.45) is 6.91. The zero-order chi connectivity index (χ0) is 17.5. The van der Waals surface area contributed by atoms with Crippen molar-refractivity contribution in [1.82, 2.24) is 30.2 Å². The fourth-order valence-electron chi connectivity index (χ4n) is 1.91. The Hall–Kier alpha value is -2.65. The van der Waals surface area contributed by atoms with Gasteiger partial charge in [0.2, 0.25) is 5.95 Å². The highest BCUT2D eigenvalue weighted by Crippen LogP contribution is 2.23. The molecule has 0 spiro atoms. The van der Waals surface area contributed by atoms with Crippen LogP contribution in [0.5, 0.6) is 0 Å². The Bertz CT molecular complexity index is 844. The fourth-order valence-corrected chi connectivity index (χ4v) is 2.85. The van der Waals surface area contributed by atoms with Gasteiger partial charge in [0, 0.05) is 37.0 Å².